The van der Waals surface area contributed by atoms with Crippen LogP contribution in [-0.2, 0) is 19.1 Å². The zero-order valence-electron chi connectivity index (χ0n) is 14.5. The van der Waals surface area contributed by atoms with Crippen LogP contribution >= 0.6 is 0 Å². The number of nitro groups is 1. The molecule has 2 rings (SSSR count). The SMILES string of the molecule is COC(=O)CC1C(=O)NCCN1CC(=O)Nc1ccc(C)c([N+](=O)[O-])c1. The molecule has 1 aromatic carbocycles. The van der Waals surface area contributed by atoms with Gasteiger partial charge in [0.1, 0.15) is 6.04 Å². The standard InChI is InChI=1S/C16H20N4O6/c1-10-3-4-11(7-12(10)20(24)25)18-14(21)9-19-6-5-17-16(23)13(19)8-15(22)26-2/h3-4,7,13H,5-6,8-9H2,1-2H3,(H,17,23)(H,18,21). The van der Waals surface area contributed by atoms with Gasteiger partial charge in [-0.05, 0) is 13.0 Å². The van der Waals surface area contributed by atoms with Gasteiger partial charge in [-0.1, -0.05) is 6.07 Å². The summed E-state index contributed by atoms with van der Waals surface area (Å²) in [4.78, 5) is 47.8. The summed E-state index contributed by atoms with van der Waals surface area (Å²) in [7, 11) is 1.23. The first-order valence-corrected chi connectivity index (χ1v) is 7.95. The molecule has 0 spiro atoms. The van der Waals surface area contributed by atoms with Crippen molar-refractivity contribution in [2.45, 2.75) is 19.4 Å². The number of benzene rings is 1. The van der Waals surface area contributed by atoms with Crippen LogP contribution in [0, 0.1) is 17.0 Å². The maximum Gasteiger partial charge on any atom is 0.307 e. The lowest BCUT2D eigenvalue weighted by Gasteiger charge is -2.33. The van der Waals surface area contributed by atoms with Gasteiger partial charge in [0.25, 0.3) is 5.69 Å². The third-order valence-corrected chi connectivity index (χ3v) is 4.07. The summed E-state index contributed by atoms with van der Waals surface area (Å²) in [5, 5.41) is 16.2. The molecule has 2 N–H and O–H groups in total. The van der Waals surface area contributed by atoms with Crippen molar-refractivity contribution < 1.29 is 24.0 Å². The molecule has 10 heteroatoms. The number of ether oxygens (including phenoxy) is 1. The minimum Gasteiger partial charge on any atom is -0.469 e. The fourth-order valence-corrected chi connectivity index (χ4v) is 2.68. The van der Waals surface area contributed by atoms with E-state index in [1.54, 1.807) is 24.0 Å². The average molecular weight is 364 g/mol. The van der Waals surface area contributed by atoms with Gasteiger partial charge in [0.05, 0.1) is 25.0 Å². The predicted molar refractivity (Wildman–Crippen MR) is 91.5 cm³/mol. The van der Waals surface area contributed by atoms with E-state index in [1.165, 1.54) is 13.2 Å². The topological polar surface area (TPSA) is 131 Å². The van der Waals surface area contributed by atoms with Crippen LogP contribution in [0.1, 0.15) is 12.0 Å². The summed E-state index contributed by atoms with van der Waals surface area (Å²) >= 11 is 0. The highest BCUT2D eigenvalue weighted by Crippen LogP contribution is 2.22. The number of nitro benzene ring substituents is 1. The molecule has 1 unspecified atom stereocenters. The first-order valence-electron chi connectivity index (χ1n) is 7.95. The van der Waals surface area contributed by atoms with Crippen molar-refractivity contribution in [2.24, 2.45) is 0 Å². The van der Waals surface area contributed by atoms with Gasteiger partial charge in [-0.25, -0.2) is 0 Å². The second kappa shape index (κ2) is 8.39. The number of aryl methyl sites for hydroxylation is 1. The van der Waals surface area contributed by atoms with Gasteiger partial charge in [-0.15, -0.1) is 0 Å². The molecule has 1 aromatic rings. The second-order valence-electron chi connectivity index (χ2n) is 5.86. The number of methoxy groups -OCH3 is 1. The Balaban J connectivity index is 2.05. The quantitative estimate of drug-likeness (QED) is 0.419. The predicted octanol–water partition coefficient (Wildman–Crippen LogP) is 0.205. The monoisotopic (exact) mass is 364 g/mol. The molecular formula is C16H20N4O6. The molecule has 1 aliphatic rings. The van der Waals surface area contributed by atoms with Crippen LogP contribution in [0.4, 0.5) is 11.4 Å². The Bertz CT molecular complexity index is 735. The van der Waals surface area contributed by atoms with Crippen LogP contribution in [0.2, 0.25) is 0 Å². The number of carbonyl (C=O) groups is 3. The Morgan fingerprint density at radius 3 is 2.85 bits per heavy atom. The summed E-state index contributed by atoms with van der Waals surface area (Å²) < 4.78 is 4.59. The number of nitrogens with zero attached hydrogens (tertiary/aromatic N) is 2. The van der Waals surface area contributed by atoms with E-state index in [-0.39, 0.29) is 24.6 Å². The van der Waals surface area contributed by atoms with Crippen LogP contribution in [-0.4, -0.2) is 60.4 Å². The molecule has 1 saturated heterocycles. The fraction of sp³-hybridized carbons (Fsp3) is 0.438. The Morgan fingerprint density at radius 2 is 2.19 bits per heavy atom. The van der Waals surface area contributed by atoms with Crippen LogP contribution in [0.3, 0.4) is 0 Å². The van der Waals surface area contributed by atoms with Crippen molar-refractivity contribution in [3.63, 3.8) is 0 Å². The van der Waals surface area contributed by atoms with Crippen molar-refractivity contribution >= 4 is 29.2 Å². The summed E-state index contributed by atoms with van der Waals surface area (Å²) in [6.07, 6.45) is -0.161. The van der Waals surface area contributed by atoms with Crippen LogP contribution in [0.5, 0.6) is 0 Å². The molecule has 0 radical (unpaired) electrons. The number of carbonyl (C=O) groups excluding carboxylic acids is 3. The minimum atomic E-state index is -0.797. The van der Waals surface area contributed by atoms with E-state index in [0.717, 1.165) is 0 Å². The maximum atomic E-state index is 12.3. The van der Waals surface area contributed by atoms with Crippen molar-refractivity contribution in [3.05, 3.63) is 33.9 Å². The summed E-state index contributed by atoms with van der Waals surface area (Å²) in [6, 6.07) is 3.59. The van der Waals surface area contributed by atoms with E-state index in [1.807, 2.05) is 0 Å². The van der Waals surface area contributed by atoms with E-state index in [2.05, 4.69) is 15.4 Å². The van der Waals surface area contributed by atoms with Gasteiger partial charge in [0.15, 0.2) is 0 Å². The lowest BCUT2D eigenvalue weighted by molar-refractivity contribution is -0.385. The molecule has 0 bridgehead atoms. The highest BCUT2D eigenvalue weighted by molar-refractivity contribution is 5.94. The molecular weight excluding hydrogens is 344 g/mol. The first kappa shape index (κ1) is 19.3. The molecule has 2 amide bonds. The zero-order chi connectivity index (χ0) is 19.3. The first-order chi connectivity index (χ1) is 12.3. The van der Waals surface area contributed by atoms with E-state index >= 15 is 0 Å². The fourth-order valence-electron chi connectivity index (χ4n) is 2.68. The minimum absolute atomic E-state index is 0.0938. The number of rotatable bonds is 6. The van der Waals surface area contributed by atoms with E-state index in [4.69, 9.17) is 0 Å². The van der Waals surface area contributed by atoms with Gasteiger partial charge in [-0.3, -0.25) is 29.4 Å². The molecule has 0 aromatic heterocycles. The van der Waals surface area contributed by atoms with Gasteiger partial charge < -0.3 is 15.4 Å². The lowest BCUT2D eigenvalue weighted by Crippen LogP contribution is -2.57. The molecule has 1 heterocycles. The molecule has 0 saturated carbocycles. The zero-order valence-corrected chi connectivity index (χ0v) is 14.5. The molecule has 1 atom stereocenters. The molecule has 10 nitrogen and oxygen atoms in total. The number of anilines is 1. The number of amides is 2. The number of hydrogen-bond acceptors (Lipinski definition) is 7. The lowest BCUT2D eigenvalue weighted by atomic mass is 10.1. The van der Waals surface area contributed by atoms with E-state index in [0.29, 0.717) is 24.3 Å². The van der Waals surface area contributed by atoms with E-state index < -0.39 is 22.8 Å². The summed E-state index contributed by atoms with van der Waals surface area (Å²) in [5.74, 6) is -1.33. The summed E-state index contributed by atoms with van der Waals surface area (Å²) in [5.41, 5.74) is 0.681. The highest BCUT2D eigenvalue weighted by Gasteiger charge is 2.33. The van der Waals surface area contributed by atoms with Gasteiger partial charge in [0, 0.05) is 30.4 Å². The normalized spacial score (nSPS) is 17.3. The Labute approximate surface area is 149 Å². The van der Waals surface area contributed by atoms with Crippen molar-refractivity contribution in [3.8, 4) is 0 Å². The van der Waals surface area contributed by atoms with Crippen LogP contribution < -0.4 is 10.6 Å². The molecule has 1 fully saturated rings. The largest absolute Gasteiger partial charge is 0.469 e. The highest BCUT2D eigenvalue weighted by atomic mass is 16.6. The van der Waals surface area contributed by atoms with Crippen molar-refractivity contribution in [1.82, 2.24) is 10.2 Å². The van der Waals surface area contributed by atoms with Crippen molar-refractivity contribution in [2.75, 3.05) is 32.1 Å². The Hall–Kier alpha value is -3.01. The van der Waals surface area contributed by atoms with Crippen LogP contribution in [0.25, 0.3) is 0 Å². The number of nitrogens with one attached hydrogen (secondary N) is 2. The molecule has 140 valence electrons. The van der Waals surface area contributed by atoms with Crippen molar-refractivity contribution in [1.29, 1.82) is 0 Å². The number of piperazine rings is 1. The number of hydrogen-bond donors (Lipinski definition) is 2. The third kappa shape index (κ3) is 4.76. The van der Waals surface area contributed by atoms with Gasteiger partial charge in [-0.2, -0.15) is 0 Å². The Morgan fingerprint density at radius 1 is 1.46 bits per heavy atom. The third-order valence-electron chi connectivity index (χ3n) is 4.07. The molecule has 26 heavy (non-hydrogen) atoms. The summed E-state index contributed by atoms with van der Waals surface area (Å²) in [6.45, 7) is 2.24. The number of esters is 1. The smallest absolute Gasteiger partial charge is 0.307 e. The second-order valence-corrected chi connectivity index (χ2v) is 5.86. The molecule has 1 aliphatic heterocycles. The molecule has 0 aliphatic carbocycles. The Kier molecular flexibility index (Phi) is 6.23. The van der Waals surface area contributed by atoms with E-state index in [9.17, 15) is 24.5 Å². The van der Waals surface area contributed by atoms with Gasteiger partial charge in [0.2, 0.25) is 11.8 Å². The van der Waals surface area contributed by atoms with Gasteiger partial charge >= 0.3 is 5.97 Å². The maximum absolute atomic E-state index is 12.3. The average Bonchev–Trinajstić information content (AvgIpc) is 2.59. The van der Waals surface area contributed by atoms with Crippen LogP contribution in [0.15, 0.2) is 18.2 Å².